The van der Waals surface area contributed by atoms with Gasteiger partial charge in [-0.3, -0.25) is 5.10 Å². The third kappa shape index (κ3) is 3.36. The van der Waals surface area contributed by atoms with Crippen molar-refractivity contribution in [3.8, 4) is 17.3 Å². The number of benzene rings is 2. The lowest BCUT2D eigenvalue weighted by atomic mass is 10.1. The van der Waals surface area contributed by atoms with Crippen LogP contribution in [0.1, 0.15) is 0 Å². The number of aromatic amines is 1. The number of furan rings is 1. The zero-order valence-electron chi connectivity index (χ0n) is 14.1. The maximum atomic E-state index is 12.3. The molecule has 8 nitrogen and oxygen atoms in total. The molecule has 0 aliphatic rings. The van der Waals surface area contributed by atoms with E-state index in [0.29, 0.717) is 16.6 Å². The molecule has 0 unspecified atom stereocenters. The molecular weight excluding hydrogens is 405 g/mol. The molecule has 0 saturated heterocycles. The van der Waals surface area contributed by atoms with Crippen LogP contribution >= 0.6 is 23.2 Å². The summed E-state index contributed by atoms with van der Waals surface area (Å²) in [4.78, 5) is 12.3. The van der Waals surface area contributed by atoms with Crippen molar-refractivity contribution >= 4 is 51.7 Å². The van der Waals surface area contributed by atoms with Crippen LogP contribution in [0.4, 0.5) is 16.3 Å². The Hall–Kier alpha value is -3.20. The van der Waals surface area contributed by atoms with Crippen LogP contribution in [0.2, 0.25) is 10.0 Å². The molecule has 4 aromatic rings. The number of carbonyl (C=O) groups excluding carboxylic acids is 1. The van der Waals surface area contributed by atoms with Crippen molar-refractivity contribution in [3.05, 3.63) is 58.6 Å². The molecule has 10 heteroatoms. The number of anilines is 2. The Kier molecular flexibility index (Phi) is 4.60. The van der Waals surface area contributed by atoms with Gasteiger partial charge in [0.15, 0.2) is 5.82 Å². The second-order valence-corrected chi connectivity index (χ2v) is 6.67. The first-order valence-electron chi connectivity index (χ1n) is 7.98. The zero-order valence-corrected chi connectivity index (χ0v) is 15.7. The smallest absolute Gasteiger partial charge is 0.425 e. The lowest BCUT2D eigenvalue weighted by Crippen LogP contribution is -2.39. The summed E-state index contributed by atoms with van der Waals surface area (Å²) in [6.07, 6.45) is -0.889. The number of amides is 1. The van der Waals surface area contributed by atoms with Crippen molar-refractivity contribution in [3.63, 3.8) is 0 Å². The first kappa shape index (κ1) is 18.2. The SMILES string of the molecule is Nc1n[nH]c2ccc(-c3ccc(OC(=O)N(N)c4cc(Cl)ccc4Cl)o3)cc12. The highest BCUT2D eigenvalue weighted by Gasteiger charge is 2.19. The van der Waals surface area contributed by atoms with Gasteiger partial charge in [0.1, 0.15) is 5.76 Å². The lowest BCUT2D eigenvalue weighted by Gasteiger charge is -2.16. The van der Waals surface area contributed by atoms with Crippen LogP contribution in [0.3, 0.4) is 0 Å². The summed E-state index contributed by atoms with van der Waals surface area (Å²) in [6.45, 7) is 0. The number of nitrogens with one attached hydrogen (secondary N) is 1. The molecule has 0 saturated carbocycles. The quantitative estimate of drug-likeness (QED) is 0.254. The maximum Gasteiger partial charge on any atom is 0.436 e. The van der Waals surface area contributed by atoms with Gasteiger partial charge in [0.2, 0.25) is 0 Å². The van der Waals surface area contributed by atoms with Gasteiger partial charge in [-0.15, -0.1) is 0 Å². The number of fused-ring (bicyclic) bond motifs is 1. The summed E-state index contributed by atoms with van der Waals surface area (Å²) in [7, 11) is 0. The van der Waals surface area contributed by atoms with Crippen molar-refractivity contribution in [1.82, 2.24) is 10.2 Å². The Labute approximate surface area is 168 Å². The Morgan fingerprint density at radius 3 is 2.79 bits per heavy atom. The minimum Gasteiger partial charge on any atom is -0.425 e. The molecule has 0 radical (unpaired) electrons. The fourth-order valence-corrected chi connectivity index (χ4v) is 3.00. The molecule has 0 aliphatic carbocycles. The topological polar surface area (TPSA) is 123 Å². The number of nitrogens with zero attached hydrogens (tertiary/aromatic N) is 2. The van der Waals surface area contributed by atoms with Crippen LogP contribution in [0.15, 0.2) is 52.9 Å². The Morgan fingerprint density at radius 1 is 1.14 bits per heavy atom. The Morgan fingerprint density at radius 2 is 1.96 bits per heavy atom. The van der Waals surface area contributed by atoms with Gasteiger partial charge in [0.05, 0.1) is 16.2 Å². The number of halogens is 2. The number of ether oxygens (including phenoxy) is 1. The molecule has 5 N–H and O–H groups in total. The average molecular weight is 418 g/mol. The number of nitrogen functional groups attached to an aromatic ring is 1. The predicted octanol–water partition coefficient (Wildman–Crippen LogP) is 4.59. The second kappa shape index (κ2) is 7.08. The molecule has 2 aromatic heterocycles. The second-order valence-electron chi connectivity index (χ2n) is 5.82. The van der Waals surface area contributed by atoms with Gasteiger partial charge in [-0.1, -0.05) is 23.2 Å². The summed E-state index contributed by atoms with van der Waals surface area (Å²) in [5.74, 6) is 6.62. The number of hydrogen-bond donors (Lipinski definition) is 3. The lowest BCUT2D eigenvalue weighted by molar-refractivity contribution is 0.195. The van der Waals surface area contributed by atoms with E-state index >= 15 is 0 Å². The first-order valence-corrected chi connectivity index (χ1v) is 8.73. The normalized spacial score (nSPS) is 11.0. The molecule has 142 valence electrons. The van der Waals surface area contributed by atoms with Gasteiger partial charge < -0.3 is 14.9 Å². The van der Waals surface area contributed by atoms with E-state index < -0.39 is 6.09 Å². The fourth-order valence-electron chi connectivity index (χ4n) is 2.62. The van der Waals surface area contributed by atoms with Gasteiger partial charge in [-0.25, -0.2) is 15.6 Å². The molecular formula is C18H13Cl2N5O3. The molecule has 2 heterocycles. The van der Waals surface area contributed by atoms with Crippen LogP contribution in [-0.2, 0) is 0 Å². The van der Waals surface area contributed by atoms with Crippen LogP contribution in [0.25, 0.3) is 22.2 Å². The van der Waals surface area contributed by atoms with E-state index in [-0.39, 0.29) is 16.7 Å². The molecule has 0 atom stereocenters. The summed E-state index contributed by atoms with van der Waals surface area (Å²) in [5.41, 5.74) is 7.57. The third-order valence-corrected chi connectivity index (χ3v) is 4.57. The number of nitrogens with two attached hydrogens (primary N) is 2. The van der Waals surface area contributed by atoms with Crippen molar-refractivity contribution in [2.24, 2.45) is 5.84 Å². The number of carbonyl (C=O) groups is 1. The van der Waals surface area contributed by atoms with E-state index in [2.05, 4.69) is 10.2 Å². The standard InChI is InChI=1S/C18H13Cl2N5O3/c19-10-2-3-12(20)14(8-10)25(22)18(26)28-16-6-5-15(27-16)9-1-4-13-11(7-9)17(21)24-23-13/h1-8H,22H2,(H3,21,23,24). The summed E-state index contributed by atoms with van der Waals surface area (Å²) < 4.78 is 10.8. The number of aromatic nitrogens is 2. The zero-order chi connectivity index (χ0) is 19.8. The molecule has 0 fully saturated rings. The van der Waals surface area contributed by atoms with E-state index in [4.69, 9.17) is 43.9 Å². The minimum absolute atomic E-state index is 0.0335. The third-order valence-electron chi connectivity index (χ3n) is 4.01. The molecule has 0 bridgehead atoms. The van der Waals surface area contributed by atoms with Gasteiger partial charge in [0.25, 0.3) is 5.95 Å². The molecule has 1 amide bonds. The highest BCUT2D eigenvalue weighted by atomic mass is 35.5. The summed E-state index contributed by atoms with van der Waals surface area (Å²) in [5, 5.41) is 8.89. The Balaban J connectivity index is 1.54. The number of hydrogen-bond acceptors (Lipinski definition) is 6. The first-order chi connectivity index (χ1) is 13.4. The van der Waals surface area contributed by atoms with Crippen molar-refractivity contribution in [1.29, 1.82) is 0 Å². The number of hydrazine groups is 1. The highest BCUT2D eigenvalue weighted by molar-refractivity contribution is 6.35. The van der Waals surface area contributed by atoms with E-state index in [1.54, 1.807) is 12.1 Å². The van der Waals surface area contributed by atoms with Gasteiger partial charge in [-0.2, -0.15) is 5.10 Å². The van der Waals surface area contributed by atoms with Gasteiger partial charge >= 0.3 is 6.09 Å². The maximum absolute atomic E-state index is 12.3. The monoisotopic (exact) mass is 417 g/mol. The van der Waals surface area contributed by atoms with Crippen molar-refractivity contribution < 1.29 is 13.9 Å². The van der Waals surface area contributed by atoms with E-state index in [0.717, 1.165) is 21.5 Å². The molecule has 28 heavy (non-hydrogen) atoms. The van der Waals surface area contributed by atoms with Crippen LogP contribution in [0.5, 0.6) is 5.95 Å². The van der Waals surface area contributed by atoms with E-state index in [1.807, 2.05) is 18.2 Å². The average Bonchev–Trinajstić information content (AvgIpc) is 3.30. The van der Waals surface area contributed by atoms with Crippen LogP contribution in [0, 0.1) is 0 Å². The molecule has 0 aliphatic heterocycles. The van der Waals surface area contributed by atoms with Crippen molar-refractivity contribution in [2.45, 2.75) is 0 Å². The predicted molar refractivity (Wildman–Crippen MR) is 107 cm³/mol. The van der Waals surface area contributed by atoms with Crippen LogP contribution in [-0.4, -0.2) is 16.3 Å². The van der Waals surface area contributed by atoms with Gasteiger partial charge in [-0.05, 0) is 42.5 Å². The van der Waals surface area contributed by atoms with Crippen LogP contribution < -0.4 is 21.3 Å². The number of H-pyrrole nitrogens is 1. The largest absolute Gasteiger partial charge is 0.436 e. The summed E-state index contributed by atoms with van der Waals surface area (Å²) in [6, 6.07) is 13.2. The highest BCUT2D eigenvalue weighted by Crippen LogP contribution is 2.31. The number of rotatable bonds is 3. The van der Waals surface area contributed by atoms with Crippen molar-refractivity contribution in [2.75, 3.05) is 10.7 Å². The molecule has 0 spiro atoms. The Bertz CT molecular complexity index is 1190. The summed E-state index contributed by atoms with van der Waals surface area (Å²) >= 11 is 12.0. The van der Waals surface area contributed by atoms with E-state index in [1.165, 1.54) is 18.2 Å². The molecule has 2 aromatic carbocycles. The fraction of sp³-hybridized carbons (Fsp3) is 0. The molecule has 4 rings (SSSR count). The van der Waals surface area contributed by atoms with E-state index in [9.17, 15) is 4.79 Å². The van der Waals surface area contributed by atoms with Gasteiger partial charge in [0, 0.05) is 22.0 Å². The minimum atomic E-state index is -0.889.